The van der Waals surface area contributed by atoms with Crippen LogP contribution in [0.3, 0.4) is 0 Å². The second-order valence-electron chi connectivity index (χ2n) is 6.19. The predicted molar refractivity (Wildman–Crippen MR) is 84.9 cm³/mol. The van der Waals surface area contributed by atoms with Crippen molar-refractivity contribution in [2.75, 3.05) is 20.6 Å². The molecule has 0 radical (unpaired) electrons. The van der Waals surface area contributed by atoms with Gasteiger partial charge < -0.3 is 10.2 Å². The van der Waals surface area contributed by atoms with Crippen LogP contribution in [0.2, 0.25) is 0 Å². The Bertz CT molecular complexity index is 382. The van der Waals surface area contributed by atoms with Crippen molar-refractivity contribution in [3.8, 4) is 0 Å². The van der Waals surface area contributed by atoms with Crippen LogP contribution in [-0.2, 0) is 6.42 Å². The molecule has 1 aromatic rings. The summed E-state index contributed by atoms with van der Waals surface area (Å²) in [7, 11) is 4.49. The number of nitrogens with zero attached hydrogens (tertiary/aromatic N) is 2. The van der Waals surface area contributed by atoms with Crippen LogP contribution < -0.4 is 5.32 Å². The topological polar surface area (TPSA) is 28.2 Å². The van der Waals surface area contributed by atoms with Gasteiger partial charge in [0, 0.05) is 29.9 Å². The summed E-state index contributed by atoms with van der Waals surface area (Å²) in [4.78, 5) is 6.99. The summed E-state index contributed by atoms with van der Waals surface area (Å²) in [6, 6.07) is 6.72. The monoisotopic (exact) mass is 275 g/mol. The van der Waals surface area contributed by atoms with Gasteiger partial charge in [-0.25, -0.2) is 0 Å². The van der Waals surface area contributed by atoms with E-state index in [1.54, 1.807) is 0 Å². The molecule has 0 saturated heterocycles. The largest absolute Gasteiger partial charge is 0.312 e. The van der Waals surface area contributed by atoms with Gasteiger partial charge in [0.05, 0.1) is 0 Å². The summed E-state index contributed by atoms with van der Waals surface area (Å²) in [5.74, 6) is 0. The molecule has 20 heavy (non-hydrogen) atoms. The molecule has 0 aliphatic heterocycles. The number of hydrogen-bond acceptors (Lipinski definition) is 3. The Kier molecular flexibility index (Phi) is 5.55. The van der Waals surface area contributed by atoms with Crippen LogP contribution in [0.5, 0.6) is 0 Å². The number of pyridine rings is 1. The van der Waals surface area contributed by atoms with Gasteiger partial charge in [0.15, 0.2) is 0 Å². The molecule has 2 rings (SSSR count). The molecule has 1 fully saturated rings. The molecular weight excluding hydrogens is 246 g/mol. The van der Waals surface area contributed by atoms with Crippen molar-refractivity contribution in [2.45, 2.75) is 57.0 Å². The zero-order chi connectivity index (χ0) is 14.4. The number of hydrogen-bond donors (Lipinski definition) is 1. The number of aromatic nitrogens is 1. The second-order valence-corrected chi connectivity index (χ2v) is 6.19. The Morgan fingerprint density at radius 1 is 1.25 bits per heavy atom. The molecule has 1 unspecified atom stereocenters. The number of rotatable bonds is 6. The predicted octanol–water partition coefficient (Wildman–Crippen LogP) is 2.87. The van der Waals surface area contributed by atoms with Crippen LogP contribution in [0.4, 0.5) is 0 Å². The Labute approximate surface area is 123 Å². The van der Waals surface area contributed by atoms with Gasteiger partial charge in [-0.3, -0.25) is 4.98 Å². The third-order valence-electron chi connectivity index (χ3n) is 4.85. The van der Waals surface area contributed by atoms with E-state index < -0.39 is 0 Å². The van der Waals surface area contributed by atoms with E-state index in [2.05, 4.69) is 48.4 Å². The van der Waals surface area contributed by atoms with E-state index in [4.69, 9.17) is 0 Å². The van der Waals surface area contributed by atoms with E-state index in [1.807, 2.05) is 12.3 Å². The van der Waals surface area contributed by atoms with Crippen LogP contribution >= 0.6 is 0 Å². The molecular formula is C17H29N3. The van der Waals surface area contributed by atoms with E-state index in [0.29, 0.717) is 6.04 Å². The fourth-order valence-electron chi connectivity index (χ4n) is 3.70. The molecule has 0 aromatic carbocycles. The molecule has 1 saturated carbocycles. The van der Waals surface area contributed by atoms with Crippen LogP contribution in [0.1, 0.15) is 44.7 Å². The van der Waals surface area contributed by atoms with Gasteiger partial charge in [-0.15, -0.1) is 0 Å². The SMILES string of the molecule is CCNC(Cc1ccccn1)C1(N(C)C)CCCCC1. The fraction of sp³-hybridized carbons (Fsp3) is 0.706. The molecule has 0 amide bonds. The summed E-state index contributed by atoms with van der Waals surface area (Å²) in [6.45, 7) is 3.23. The Balaban J connectivity index is 2.20. The summed E-state index contributed by atoms with van der Waals surface area (Å²) in [5, 5.41) is 3.74. The van der Waals surface area contributed by atoms with Gasteiger partial charge in [0.25, 0.3) is 0 Å². The molecule has 1 aromatic heterocycles. The van der Waals surface area contributed by atoms with E-state index in [0.717, 1.165) is 13.0 Å². The lowest BCUT2D eigenvalue weighted by molar-refractivity contribution is 0.0571. The zero-order valence-corrected chi connectivity index (χ0v) is 13.2. The highest BCUT2D eigenvalue weighted by Gasteiger charge is 2.41. The molecule has 1 aliphatic carbocycles. The lowest BCUT2D eigenvalue weighted by Crippen LogP contribution is -2.60. The van der Waals surface area contributed by atoms with Crippen molar-refractivity contribution in [1.82, 2.24) is 15.2 Å². The minimum Gasteiger partial charge on any atom is -0.312 e. The van der Waals surface area contributed by atoms with Gasteiger partial charge in [-0.05, 0) is 45.6 Å². The molecule has 0 bridgehead atoms. The van der Waals surface area contributed by atoms with Gasteiger partial charge >= 0.3 is 0 Å². The van der Waals surface area contributed by atoms with Crippen molar-refractivity contribution in [1.29, 1.82) is 0 Å². The van der Waals surface area contributed by atoms with Crippen LogP contribution in [-0.4, -0.2) is 42.1 Å². The third-order valence-corrected chi connectivity index (χ3v) is 4.85. The smallest absolute Gasteiger partial charge is 0.0419 e. The number of nitrogens with one attached hydrogen (secondary N) is 1. The maximum Gasteiger partial charge on any atom is 0.0419 e. The van der Waals surface area contributed by atoms with E-state index in [9.17, 15) is 0 Å². The van der Waals surface area contributed by atoms with Gasteiger partial charge in [0.1, 0.15) is 0 Å². The molecule has 3 nitrogen and oxygen atoms in total. The minimum absolute atomic E-state index is 0.284. The van der Waals surface area contributed by atoms with Crippen LogP contribution in [0, 0.1) is 0 Å². The van der Waals surface area contributed by atoms with E-state index in [1.165, 1.54) is 37.8 Å². The first-order valence-electron chi connectivity index (χ1n) is 8.00. The molecule has 0 spiro atoms. The molecule has 1 heterocycles. The van der Waals surface area contributed by atoms with Crippen LogP contribution in [0.15, 0.2) is 24.4 Å². The summed E-state index contributed by atoms with van der Waals surface area (Å²) in [6.07, 6.45) is 9.60. The standard InChI is InChI=1S/C17H29N3/c1-4-18-16(14-15-10-6-9-13-19-15)17(20(2)3)11-7-5-8-12-17/h6,9-10,13,16,18H,4-5,7-8,11-12,14H2,1-3H3. The maximum atomic E-state index is 4.53. The van der Waals surface area contributed by atoms with Gasteiger partial charge in [-0.2, -0.15) is 0 Å². The third kappa shape index (κ3) is 3.39. The first-order chi connectivity index (χ1) is 9.69. The van der Waals surface area contributed by atoms with Crippen molar-refractivity contribution in [2.24, 2.45) is 0 Å². The molecule has 3 heteroatoms. The van der Waals surface area contributed by atoms with E-state index in [-0.39, 0.29) is 5.54 Å². The lowest BCUT2D eigenvalue weighted by atomic mass is 9.74. The molecule has 112 valence electrons. The summed E-state index contributed by atoms with van der Waals surface area (Å²) in [5.41, 5.74) is 1.48. The number of likely N-dealkylation sites (N-methyl/N-ethyl adjacent to an activating group) is 2. The average molecular weight is 275 g/mol. The second kappa shape index (κ2) is 7.19. The minimum atomic E-state index is 0.284. The Morgan fingerprint density at radius 2 is 2.00 bits per heavy atom. The fourth-order valence-corrected chi connectivity index (χ4v) is 3.70. The summed E-state index contributed by atoms with van der Waals surface area (Å²) >= 11 is 0. The molecule has 1 N–H and O–H groups in total. The van der Waals surface area contributed by atoms with E-state index >= 15 is 0 Å². The van der Waals surface area contributed by atoms with Crippen molar-refractivity contribution < 1.29 is 0 Å². The highest BCUT2D eigenvalue weighted by Crippen LogP contribution is 2.36. The van der Waals surface area contributed by atoms with Gasteiger partial charge in [-0.1, -0.05) is 32.3 Å². The average Bonchev–Trinajstić information content (AvgIpc) is 2.48. The first-order valence-corrected chi connectivity index (χ1v) is 8.00. The first kappa shape index (κ1) is 15.5. The Morgan fingerprint density at radius 3 is 2.55 bits per heavy atom. The molecule has 1 atom stereocenters. The normalized spacial score (nSPS) is 20.0. The zero-order valence-electron chi connectivity index (χ0n) is 13.2. The highest BCUT2D eigenvalue weighted by molar-refractivity contribution is 5.10. The van der Waals surface area contributed by atoms with Crippen molar-refractivity contribution >= 4 is 0 Å². The van der Waals surface area contributed by atoms with Crippen molar-refractivity contribution in [3.63, 3.8) is 0 Å². The lowest BCUT2D eigenvalue weighted by Gasteiger charge is -2.49. The van der Waals surface area contributed by atoms with Gasteiger partial charge in [0.2, 0.25) is 0 Å². The summed E-state index contributed by atoms with van der Waals surface area (Å²) < 4.78 is 0. The maximum absolute atomic E-state index is 4.53. The van der Waals surface area contributed by atoms with Crippen LogP contribution in [0.25, 0.3) is 0 Å². The molecule has 1 aliphatic rings. The highest BCUT2D eigenvalue weighted by atomic mass is 15.2. The quantitative estimate of drug-likeness (QED) is 0.865. The van der Waals surface area contributed by atoms with Crippen molar-refractivity contribution in [3.05, 3.63) is 30.1 Å². The Hall–Kier alpha value is -0.930.